The Bertz CT molecular complexity index is 623. The Kier molecular flexibility index (Phi) is 4.47. The van der Waals surface area contributed by atoms with Gasteiger partial charge in [0.05, 0.1) is 4.92 Å². The predicted molar refractivity (Wildman–Crippen MR) is 78.2 cm³/mol. The van der Waals surface area contributed by atoms with E-state index in [2.05, 4.69) is 5.32 Å². The van der Waals surface area contributed by atoms with Gasteiger partial charge in [0.15, 0.2) is 0 Å². The summed E-state index contributed by atoms with van der Waals surface area (Å²) >= 11 is 1.63. The number of carbonyl (C=O) groups is 1. The van der Waals surface area contributed by atoms with E-state index in [1.165, 1.54) is 23.8 Å². The summed E-state index contributed by atoms with van der Waals surface area (Å²) in [5.74, 6) is -0.201. The number of carbonyl (C=O) groups excluding carboxylic acids is 1. The lowest BCUT2D eigenvalue weighted by Crippen LogP contribution is -2.26. The van der Waals surface area contributed by atoms with Crippen molar-refractivity contribution in [2.75, 3.05) is 6.54 Å². The molecule has 6 heteroatoms. The zero-order chi connectivity index (χ0) is 14.5. The molecule has 1 heterocycles. The number of thiophene rings is 1. The number of nitro benzene ring substituents is 1. The molecular formula is C14H14N2O3S. The first-order valence-corrected chi connectivity index (χ1v) is 7.06. The summed E-state index contributed by atoms with van der Waals surface area (Å²) in [6.07, 6.45) is 0.779. The lowest BCUT2D eigenvalue weighted by Gasteiger charge is -2.07. The standard InChI is InChI=1S/C14H14N2O3S/c1-10-8-12(16(18)19)2-3-13(10)14(17)15-6-4-11-5-7-20-9-11/h2-3,5,7-9H,4,6H2,1H3,(H,15,17). The molecule has 0 unspecified atom stereocenters. The highest BCUT2D eigenvalue weighted by Gasteiger charge is 2.13. The van der Waals surface area contributed by atoms with Gasteiger partial charge in [0.2, 0.25) is 0 Å². The molecule has 0 aliphatic heterocycles. The molecule has 0 aliphatic carbocycles. The van der Waals surface area contributed by atoms with Gasteiger partial charge in [-0.05, 0) is 47.4 Å². The molecule has 2 aromatic rings. The first-order valence-electron chi connectivity index (χ1n) is 6.12. The van der Waals surface area contributed by atoms with Crippen LogP contribution in [0.3, 0.4) is 0 Å². The van der Waals surface area contributed by atoms with Gasteiger partial charge in [-0.1, -0.05) is 0 Å². The number of benzene rings is 1. The zero-order valence-corrected chi connectivity index (χ0v) is 11.8. The Labute approximate surface area is 120 Å². The van der Waals surface area contributed by atoms with E-state index in [4.69, 9.17) is 0 Å². The van der Waals surface area contributed by atoms with Gasteiger partial charge in [0.1, 0.15) is 0 Å². The Morgan fingerprint density at radius 3 is 2.80 bits per heavy atom. The van der Waals surface area contributed by atoms with Gasteiger partial charge in [0, 0.05) is 24.2 Å². The largest absolute Gasteiger partial charge is 0.352 e. The minimum absolute atomic E-state index is 0.00248. The molecule has 5 nitrogen and oxygen atoms in total. The molecule has 1 amide bonds. The van der Waals surface area contributed by atoms with E-state index >= 15 is 0 Å². The molecule has 0 saturated carbocycles. The lowest BCUT2D eigenvalue weighted by atomic mass is 10.1. The van der Waals surface area contributed by atoms with Crippen LogP contribution in [0.15, 0.2) is 35.0 Å². The van der Waals surface area contributed by atoms with Crippen LogP contribution in [-0.4, -0.2) is 17.4 Å². The van der Waals surface area contributed by atoms with Gasteiger partial charge in [0.25, 0.3) is 11.6 Å². The van der Waals surface area contributed by atoms with Gasteiger partial charge in [-0.15, -0.1) is 0 Å². The van der Waals surface area contributed by atoms with E-state index in [1.807, 2.05) is 16.8 Å². The molecule has 20 heavy (non-hydrogen) atoms. The van der Waals surface area contributed by atoms with Gasteiger partial charge in [-0.25, -0.2) is 0 Å². The summed E-state index contributed by atoms with van der Waals surface area (Å²) in [6.45, 7) is 2.24. The highest BCUT2D eigenvalue weighted by molar-refractivity contribution is 7.07. The van der Waals surface area contributed by atoms with Crippen LogP contribution in [0.25, 0.3) is 0 Å². The van der Waals surface area contributed by atoms with E-state index < -0.39 is 4.92 Å². The van der Waals surface area contributed by atoms with Gasteiger partial charge < -0.3 is 5.32 Å². The molecule has 0 atom stereocenters. The summed E-state index contributed by atoms with van der Waals surface area (Å²) in [4.78, 5) is 22.2. The number of hydrogen-bond acceptors (Lipinski definition) is 4. The smallest absolute Gasteiger partial charge is 0.269 e. The van der Waals surface area contributed by atoms with Crippen LogP contribution in [0.1, 0.15) is 21.5 Å². The molecule has 0 fully saturated rings. The molecule has 1 aromatic carbocycles. The van der Waals surface area contributed by atoms with Crippen LogP contribution in [0, 0.1) is 17.0 Å². The number of non-ortho nitro benzene ring substituents is 1. The monoisotopic (exact) mass is 290 g/mol. The van der Waals surface area contributed by atoms with Crippen LogP contribution in [-0.2, 0) is 6.42 Å². The fourth-order valence-electron chi connectivity index (χ4n) is 1.87. The number of amides is 1. The second-order valence-electron chi connectivity index (χ2n) is 4.39. The Morgan fingerprint density at radius 2 is 2.20 bits per heavy atom. The van der Waals surface area contributed by atoms with Gasteiger partial charge in [-0.3, -0.25) is 14.9 Å². The first kappa shape index (κ1) is 14.2. The molecule has 0 saturated heterocycles. The zero-order valence-electron chi connectivity index (χ0n) is 11.0. The summed E-state index contributed by atoms with van der Waals surface area (Å²) in [6, 6.07) is 6.27. The number of nitrogens with one attached hydrogen (secondary N) is 1. The first-order chi connectivity index (χ1) is 9.58. The second-order valence-corrected chi connectivity index (χ2v) is 5.17. The average molecular weight is 290 g/mol. The number of nitrogens with zero attached hydrogens (tertiary/aromatic N) is 1. The Hall–Kier alpha value is -2.21. The van der Waals surface area contributed by atoms with Crippen molar-refractivity contribution in [2.45, 2.75) is 13.3 Å². The van der Waals surface area contributed by atoms with Crippen molar-refractivity contribution >= 4 is 22.9 Å². The maximum atomic E-state index is 12.0. The van der Waals surface area contributed by atoms with Crippen molar-refractivity contribution in [2.24, 2.45) is 0 Å². The minimum Gasteiger partial charge on any atom is -0.352 e. The van der Waals surface area contributed by atoms with Crippen molar-refractivity contribution in [1.82, 2.24) is 5.32 Å². The molecule has 0 aliphatic rings. The van der Waals surface area contributed by atoms with E-state index in [1.54, 1.807) is 18.3 Å². The lowest BCUT2D eigenvalue weighted by molar-refractivity contribution is -0.384. The predicted octanol–water partition coefficient (Wildman–Crippen LogP) is 2.94. The number of hydrogen-bond donors (Lipinski definition) is 1. The molecule has 2 rings (SSSR count). The van der Waals surface area contributed by atoms with Gasteiger partial charge >= 0.3 is 0 Å². The minimum atomic E-state index is -0.467. The molecule has 1 aromatic heterocycles. The van der Waals surface area contributed by atoms with Crippen LogP contribution in [0.2, 0.25) is 0 Å². The maximum Gasteiger partial charge on any atom is 0.269 e. The SMILES string of the molecule is Cc1cc([N+](=O)[O-])ccc1C(=O)NCCc1ccsc1. The highest BCUT2D eigenvalue weighted by Crippen LogP contribution is 2.17. The van der Waals surface area contributed by atoms with Crippen molar-refractivity contribution in [3.63, 3.8) is 0 Å². The van der Waals surface area contributed by atoms with Crippen LogP contribution in [0.5, 0.6) is 0 Å². The topological polar surface area (TPSA) is 72.2 Å². The molecule has 0 bridgehead atoms. The molecule has 104 valence electrons. The third kappa shape index (κ3) is 3.42. The summed E-state index contributed by atoms with van der Waals surface area (Å²) < 4.78 is 0. The van der Waals surface area contributed by atoms with E-state index in [9.17, 15) is 14.9 Å². The summed E-state index contributed by atoms with van der Waals surface area (Å²) in [5, 5.41) is 17.5. The Morgan fingerprint density at radius 1 is 1.40 bits per heavy atom. The number of nitro groups is 1. The third-order valence-corrected chi connectivity index (χ3v) is 3.68. The van der Waals surface area contributed by atoms with Crippen molar-refractivity contribution in [1.29, 1.82) is 0 Å². The fourth-order valence-corrected chi connectivity index (χ4v) is 2.57. The third-order valence-electron chi connectivity index (χ3n) is 2.94. The van der Waals surface area contributed by atoms with Crippen LogP contribution < -0.4 is 5.32 Å². The fraction of sp³-hybridized carbons (Fsp3) is 0.214. The van der Waals surface area contributed by atoms with Crippen LogP contribution >= 0.6 is 11.3 Å². The van der Waals surface area contributed by atoms with Gasteiger partial charge in [-0.2, -0.15) is 11.3 Å². The van der Waals surface area contributed by atoms with E-state index in [-0.39, 0.29) is 11.6 Å². The molecule has 0 radical (unpaired) electrons. The molecule has 0 spiro atoms. The molecule has 1 N–H and O–H groups in total. The summed E-state index contributed by atoms with van der Waals surface area (Å²) in [5.41, 5.74) is 2.26. The van der Waals surface area contributed by atoms with Crippen molar-refractivity contribution in [3.8, 4) is 0 Å². The Balaban J connectivity index is 1.97. The van der Waals surface area contributed by atoms with Crippen molar-refractivity contribution < 1.29 is 9.72 Å². The van der Waals surface area contributed by atoms with Crippen LogP contribution in [0.4, 0.5) is 5.69 Å². The quantitative estimate of drug-likeness (QED) is 0.679. The normalized spacial score (nSPS) is 10.2. The summed E-state index contributed by atoms with van der Waals surface area (Å²) in [7, 11) is 0. The number of aryl methyl sites for hydroxylation is 1. The average Bonchev–Trinajstić information content (AvgIpc) is 2.91. The maximum absolute atomic E-state index is 12.0. The second kappa shape index (κ2) is 6.29. The molecular weight excluding hydrogens is 276 g/mol. The number of rotatable bonds is 5. The van der Waals surface area contributed by atoms with E-state index in [0.717, 1.165) is 6.42 Å². The highest BCUT2D eigenvalue weighted by atomic mass is 32.1. The van der Waals surface area contributed by atoms with Crippen molar-refractivity contribution in [3.05, 3.63) is 61.8 Å². The van der Waals surface area contributed by atoms with E-state index in [0.29, 0.717) is 17.7 Å².